The van der Waals surface area contributed by atoms with Crippen LogP contribution in [0.25, 0.3) is 0 Å². The zero-order valence-corrected chi connectivity index (χ0v) is 12.0. The van der Waals surface area contributed by atoms with E-state index >= 15 is 0 Å². The number of amides is 1. The normalized spacial score (nSPS) is 32.8. The summed E-state index contributed by atoms with van der Waals surface area (Å²) in [6.45, 7) is 2.58. The number of carbonyl (C=O) groups excluding carboxylic acids is 1. The topological polar surface area (TPSA) is 41.6 Å². The molecule has 108 valence electrons. The highest BCUT2D eigenvalue weighted by Crippen LogP contribution is 2.45. The minimum atomic E-state index is -0.0837. The van der Waals surface area contributed by atoms with E-state index in [1.165, 1.54) is 19.3 Å². The number of fused-ring (bicyclic) bond motifs is 2. The molecule has 3 fully saturated rings. The molecular weight excluding hydrogens is 240 g/mol. The first-order valence-electron chi connectivity index (χ1n) is 7.78. The summed E-state index contributed by atoms with van der Waals surface area (Å²) < 4.78 is 5.20. The number of nitrogens with zero attached hydrogens (tertiary/aromatic N) is 1. The molecule has 2 bridgehead atoms. The standard InChI is InChI=1S/C15H26N2O2/c1-19-10-8-15(6-2-7-15)14(18)17-9-5-12-3-4-13(11-17)16-12/h12-13,16H,2-11H2,1H3. The summed E-state index contributed by atoms with van der Waals surface area (Å²) in [6.07, 6.45) is 7.89. The molecule has 1 N–H and O–H groups in total. The Balaban J connectivity index is 1.65. The number of carbonyl (C=O) groups is 1. The Morgan fingerprint density at radius 1 is 1.32 bits per heavy atom. The van der Waals surface area contributed by atoms with Crippen LogP contribution in [0, 0.1) is 5.41 Å². The van der Waals surface area contributed by atoms with Crippen LogP contribution in [0.3, 0.4) is 0 Å². The molecule has 0 spiro atoms. The van der Waals surface area contributed by atoms with Crippen molar-refractivity contribution in [2.75, 3.05) is 26.8 Å². The molecule has 19 heavy (non-hydrogen) atoms. The lowest BCUT2D eigenvalue weighted by Crippen LogP contribution is -2.50. The quantitative estimate of drug-likeness (QED) is 0.839. The number of ether oxygens (including phenoxy) is 1. The van der Waals surface area contributed by atoms with Gasteiger partial charge in [0.05, 0.1) is 5.41 Å². The number of rotatable bonds is 4. The van der Waals surface area contributed by atoms with Crippen molar-refractivity contribution in [3.05, 3.63) is 0 Å². The molecule has 2 heterocycles. The van der Waals surface area contributed by atoms with Gasteiger partial charge in [-0.15, -0.1) is 0 Å². The smallest absolute Gasteiger partial charge is 0.228 e. The molecule has 1 saturated carbocycles. The third-order valence-corrected chi connectivity index (χ3v) is 5.36. The van der Waals surface area contributed by atoms with Crippen molar-refractivity contribution in [2.24, 2.45) is 5.41 Å². The predicted octanol–water partition coefficient (Wildman–Crippen LogP) is 1.55. The van der Waals surface area contributed by atoms with E-state index in [1.54, 1.807) is 7.11 Å². The Kier molecular flexibility index (Phi) is 3.81. The molecule has 0 aromatic rings. The number of likely N-dealkylation sites (tertiary alicyclic amines) is 1. The predicted molar refractivity (Wildman–Crippen MR) is 73.9 cm³/mol. The van der Waals surface area contributed by atoms with Crippen LogP contribution in [0.2, 0.25) is 0 Å². The first kappa shape index (κ1) is 13.4. The lowest BCUT2D eigenvalue weighted by molar-refractivity contribution is -0.149. The third-order valence-electron chi connectivity index (χ3n) is 5.36. The average molecular weight is 266 g/mol. The summed E-state index contributed by atoms with van der Waals surface area (Å²) in [4.78, 5) is 15.0. The van der Waals surface area contributed by atoms with Crippen molar-refractivity contribution >= 4 is 5.91 Å². The van der Waals surface area contributed by atoms with Gasteiger partial charge in [0.25, 0.3) is 0 Å². The van der Waals surface area contributed by atoms with Crippen LogP contribution in [-0.4, -0.2) is 49.7 Å². The van der Waals surface area contributed by atoms with E-state index in [0.717, 1.165) is 38.8 Å². The van der Waals surface area contributed by atoms with Crippen LogP contribution in [0.15, 0.2) is 0 Å². The highest BCUT2D eigenvalue weighted by Gasteiger charge is 2.46. The van der Waals surface area contributed by atoms with E-state index < -0.39 is 0 Å². The van der Waals surface area contributed by atoms with Crippen LogP contribution < -0.4 is 5.32 Å². The van der Waals surface area contributed by atoms with Gasteiger partial charge >= 0.3 is 0 Å². The van der Waals surface area contributed by atoms with Crippen LogP contribution in [0.5, 0.6) is 0 Å². The molecule has 3 rings (SSSR count). The van der Waals surface area contributed by atoms with Gasteiger partial charge in [-0.3, -0.25) is 4.79 Å². The third kappa shape index (κ3) is 2.52. The summed E-state index contributed by atoms with van der Waals surface area (Å²) in [5, 5.41) is 3.65. The molecule has 0 aromatic carbocycles. The number of hydrogen-bond acceptors (Lipinski definition) is 3. The number of nitrogens with one attached hydrogen (secondary N) is 1. The van der Waals surface area contributed by atoms with Gasteiger partial charge in [0, 0.05) is 38.9 Å². The van der Waals surface area contributed by atoms with Crippen molar-refractivity contribution in [1.82, 2.24) is 10.2 Å². The highest BCUT2D eigenvalue weighted by atomic mass is 16.5. The van der Waals surface area contributed by atoms with Crippen molar-refractivity contribution in [3.63, 3.8) is 0 Å². The van der Waals surface area contributed by atoms with Gasteiger partial charge in [0.2, 0.25) is 5.91 Å². The van der Waals surface area contributed by atoms with Gasteiger partial charge in [-0.1, -0.05) is 6.42 Å². The lowest BCUT2D eigenvalue weighted by atomic mass is 9.65. The molecule has 3 aliphatic rings. The molecule has 2 saturated heterocycles. The van der Waals surface area contributed by atoms with Gasteiger partial charge in [0.15, 0.2) is 0 Å². The number of methoxy groups -OCH3 is 1. The van der Waals surface area contributed by atoms with Crippen molar-refractivity contribution in [1.29, 1.82) is 0 Å². The SMILES string of the molecule is COCCC1(C(=O)N2CCC3CCC(C2)N3)CCC1. The molecule has 0 aromatic heterocycles. The van der Waals surface area contributed by atoms with E-state index in [2.05, 4.69) is 10.2 Å². The Morgan fingerprint density at radius 3 is 2.79 bits per heavy atom. The molecule has 0 radical (unpaired) electrons. The Morgan fingerprint density at radius 2 is 2.11 bits per heavy atom. The van der Waals surface area contributed by atoms with Gasteiger partial charge in [-0.05, 0) is 38.5 Å². The molecular formula is C15H26N2O2. The minimum Gasteiger partial charge on any atom is -0.385 e. The minimum absolute atomic E-state index is 0.0837. The first-order chi connectivity index (χ1) is 9.23. The van der Waals surface area contributed by atoms with E-state index in [1.807, 2.05) is 0 Å². The summed E-state index contributed by atoms with van der Waals surface area (Å²) in [5.41, 5.74) is -0.0837. The van der Waals surface area contributed by atoms with Crippen molar-refractivity contribution in [3.8, 4) is 0 Å². The Bertz CT molecular complexity index is 341. The van der Waals surface area contributed by atoms with Gasteiger partial charge in [-0.25, -0.2) is 0 Å². The van der Waals surface area contributed by atoms with Crippen molar-refractivity contribution < 1.29 is 9.53 Å². The molecule has 2 aliphatic heterocycles. The second-order valence-electron chi connectivity index (χ2n) is 6.55. The molecule has 2 atom stereocenters. The summed E-state index contributed by atoms with van der Waals surface area (Å²) in [7, 11) is 1.73. The largest absolute Gasteiger partial charge is 0.385 e. The fourth-order valence-electron chi connectivity index (χ4n) is 3.93. The second-order valence-corrected chi connectivity index (χ2v) is 6.55. The van der Waals surface area contributed by atoms with Gasteiger partial charge in [-0.2, -0.15) is 0 Å². The Hall–Kier alpha value is -0.610. The highest BCUT2D eigenvalue weighted by molar-refractivity contribution is 5.83. The first-order valence-corrected chi connectivity index (χ1v) is 7.78. The molecule has 1 aliphatic carbocycles. The fourth-order valence-corrected chi connectivity index (χ4v) is 3.93. The van der Waals surface area contributed by atoms with Gasteiger partial charge in [0.1, 0.15) is 0 Å². The van der Waals surface area contributed by atoms with Crippen LogP contribution in [0.1, 0.15) is 44.9 Å². The maximum absolute atomic E-state index is 12.9. The summed E-state index contributed by atoms with van der Waals surface area (Å²) >= 11 is 0. The van der Waals surface area contributed by atoms with Crippen molar-refractivity contribution in [2.45, 2.75) is 57.0 Å². The Labute approximate surface area is 115 Å². The second kappa shape index (κ2) is 5.41. The summed E-state index contributed by atoms with van der Waals surface area (Å²) in [6, 6.07) is 1.19. The van der Waals surface area contributed by atoms with Crippen LogP contribution >= 0.6 is 0 Å². The molecule has 4 nitrogen and oxygen atoms in total. The molecule has 4 heteroatoms. The van der Waals surface area contributed by atoms with E-state index in [4.69, 9.17) is 4.74 Å². The van der Waals surface area contributed by atoms with E-state index in [-0.39, 0.29) is 5.41 Å². The monoisotopic (exact) mass is 266 g/mol. The molecule has 1 amide bonds. The van der Waals surface area contributed by atoms with E-state index in [0.29, 0.717) is 24.6 Å². The average Bonchev–Trinajstić information content (AvgIpc) is 2.67. The summed E-state index contributed by atoms with van der Waals surface area (Å²) in [5.74, 6) is 0.408. The zero-order valence-electron chi connectivity index (χ0n) is 12.0. The van der Waals surface area contributed by atoms with Crippen LogP contribution in [-0.2, 0) is 9.53 Å². The molecule has 2 unspecified atom stereocenters. The van der Waals surface area contributed by atoms with Gasteiger partial charge < -0.3 is 15.0 Å². The fraction of sp³-hybridized carbons (Fsp3) is 0.933. The van der Waals surface area contributed by atoms with E-state index in [9.17, 15) is 4.79 Å². The zero-order chi connectivity index (χ0) is 13.3. The maximum atomic E-state index is 12.9. The maximum Gasteiger partial charge on any atom is 0.228 e. The number of hydrogen-bond donors (Lipinski definition) is 1. The van der Waals surface area contributed by atoms with Crippen LogP contribution in [0.4, 0.5) is 0 Å². The lowest BCUT2D eigenvalue weighted by Gasteiger charge is -2.44.